The molecule has 0 radical (unpaired) electrons. The third-order valence-corrected chi connectivity index (χ3v) is 3.06. The Morgan fingerprint density at radius 1 is 1.45 bits per heavy atom. The van der Waals surface area contributed by atoms with Crippen LogP contribution in [-0.2, 0) is 17.8 Å². The first-order chi connectivity index (χ1) is 9.72. The summed E-state index contributed by atoms with van der Waals surface area (Å²) in [5.74, 6) is 0. The molecule has 0 aliphatic carbocycles. The lowest BCUT2D eigenvalue weighted by Gasteiger charge is -2.10. The third kappa shape index (κ3) is 3.55. The SMILES string of the molecule is COCCn1ncc(NCc2cccnc2)c(Cl)c1=O. The van der Waals surface area contributed by atoms with Crippen molar-refractivity contribution in [2.75, 3.05) is 19.0 Å². The number of anilines is 1. The molecule has 2 heterocycles. The fraction of sp³-hybridized carbons (Fsp3) is 0.308. The minimum Gasteiger partial charge on any atom is -0.383 e. The van der Waals surface area contributed by atoms with Crippen LogP contribution in [0.5, 0.6) is 0 Å². The van der Waals surface area contributed by atoms with Gasteiger partial charge in [0.05, 0.1) is 25.0 Å². The number of ether oxygens (including phenoxy) is 1. The molecule has 6 nitrogen and oxygen atoms in total. The molecule has 0 saturated heterocycles. The molecule has 20 heavy (non-hydrogen) atoms. The van der Waals surface area contributed by atoms with Gasteiger partial charge in [-0.25, -0.2) is 4.68 Å². The van der Waals surface area contributed by atoms with Gasteiger partial charge in [-0.1, -0.05) is 17.7 Å². The number of pyridine rings is 1. The van der Waals surface area contributed by atoms with Gasteiger partial charge in [0.15, 0.2) is 0 Å². The maximum Gasteiger partial charge on any atom is 0.287 e. The topological polar surface area (TPSA) is 69.0 Å². The molecule has 2 aromatic rings. The Balaban J connectivity index is 2.09. The van der Waals surface area contributed by atoms with E-state index in [0.717, 1.165) is 5.56 Å². The molecule has 0 atom stereocenters. The highest BCUT2D eigenvalue weighted by Crippen LogP contribution is 2.16. The quantitative estimate of drug-likeness (QED) is 0.875. The molecule has 0 amide bonds. The zero-order chi connectivity index (χ0) is 14.4. The van der Waals surface area contributed by atoms with Gasteiger partial charge in [-0.2, -0.15) is 5.10 Å². The summed E-state index contributed by atoms with van der Waals surface area (Å²) in [5, 5.41) is 7.25. The van der Waals surface area contributed by atoms with Gasteiger partial charge in [-0.3, -0.25) is 9.78 Å². The third-order valence-electron chi connectivity index (χ3n) is 2.70. The van der Waals surface area contributed by atoms with Crippen LogP contribution < -0.4 is 10.9 Å². The number of hydrogen-bond donors (Lipinski definition) is 1. The van der Waals surface area contributed by atoms with Crippen molar-refractivity contribution in [2.45, 2.75) is 13.1 Å². The van der Waals surface area contributed by atoms with Crippen molar-refractivity contribution in [3.8, 4) is 0 Å². The Morgan fingerprint density at radius 2 is 2.30 bits per heavy atom. The molecule has 0 unspecified atom stereocenters. The highest BCUT2D eigenvalue weighted by Gasteiger charge is 2.08. The number of hydrogen-bond acceptors (Lipinski definition) is 5. The number of halogens is 1. The molecule has 1 N–H and O–H groups in total. The summed E-state index contributed by atoms with van der Waals surface area (Å²) in [7, 11) is 1.57. The smallest absolute Gasteiger partial charge is 0.287 e. The second-order valence-electron chi connectivity index (χ2n) is 4.11. The van der Waals surface area contributed by atoms with E-state index in [2.05, 4.69) is 15.4 Å². The van der Waals surface area contributed by atoms with Crippen molar-refractivity contribution in [2.24, 2.45) is 0 Å². The molecule has 0 aromatic carbocycles. The van der Waals surface area contributed by atoms with E-state index in [9.17, 15) is 4.79 Å². The van der Waals surface area contributed by atoms with E-state index in [1.165, 1.54) is 10.9 Å². The van der Waals surface area contributed by atoms with Crippen molar-refractivity contribution >= 4 is 17.3 Å². The van der Waals surface area contributed by atoms with Gasteiger partial charge in [0.2, 0.25) is 0 Å². The number of aromatic nitrogens is 3. The van der Waals surface area contributed by atoms with Crippen LogP contribution in [0.15, 0.2) is 35.5 Å². The fourth-order valence-electron chi connectivity index (χ4n) is 1.63. The first-order valence-corrected chi connectivity index (χ1v) is 6.47. The van der Waals surface area contributed by atoms with Gasteiger partial charge < -0.3 is 10.1 Å². The molecule has 0 saturated carbocycles. The second kappa shape index (κ2) is 7.02. The Labute approximate surface area is 121 Å². The van der Waals surface area contributed by atoms with Crippen LogP contribution in [0.3, 0.4) is 0 Å². The van der Waals surface area contributed by atoms with Crippen molar-refractivity contribution < 1.29 is 4.74 Å². The fourth-order valence-corrected chi connectivity index (χ4v) is 1.84. The van der Waals surface area contributed by atoms with Crippen LogP contribution in [0.25, 0.3) is 0 Å². The molecule has 0 spiro atoms. The van der Waals surface area contributed by atoms with Crippen molar-refractivity contribution in [1.82, 2.24) is 14.8 Å². The summed E-state index contributed by atoms with van der Waals surface area (Å²) in [6, 6.07) is 3.78. The molecule has 7 heteroatoms. The van der Waals surface area contributed by atoms with E-state index in [1.54, 1.807) is 19.5 Å². The maximum atomic E-state index is 12.0. The molecule has 106 valence electrons. The van der Waals surface area contributed by atoms with Crippen LogP contribution in [-0.4, -0.2) is 28.5 Å². The summed E-state index contributed by atoms with van der Waals surface area (Å²) in [6.45, 7) is 1.31. The monoisotopic (exact) mass is 294 g/mol. The average molecular weight is 295 g/mol. The lowest BCUT2D eigenvalue weighted by atomic mass is 10.3. The Hall–Kier alpha value is -1.92. The standard InChI is InChI=1S/C13H15ClN4O2/c1-20-6-5-18-13(19)12(14)11(9-17-18)16-8-10-3-2-4-15-7-10/h2-4,7,9,16H,5-6,8H2,1H3. The Bertz CT molecular complexity index is 616. The van der Waals surface area contributed by atoms with Crippen LogP contribution >= 0.6 is 11.6 Å². The summed E-state index contributed by atoms with van der Waals surface area (Å²) in [6.07, 6.45) is 4.99. The average Bonchev–Trinajstić information content (AvgIpc) is 2.49. The Morgan fingerprint density at radius 3 is 3.00 bits per heavy atom. The summed E-state index contributed by atoms with van der Waals surface area (Å²) in [5.41, 5.74) is 1.17. The summed E-state index contributed by atoms with van der Waals surface area (Å²) < 4.78 is 6.19. The van der Waals surface area contributed by atoms with Crippen molar-refractivity contribution in [3.05, 3.63) is 51.7 Å². The second-order valence-corrected chi connectivity index (χ2v) is 4.49. The van der Waals surface area contributed by atoms with Gasteiger partial charge in [0.1, 0.15) is 5.02 Å². The molecule has 2 aromatic heterocycles. The van der Waals surface area contributed by atoms with Gasteiger partial charge in [-0.05, 0) is 11.6 Å². The van der Waals surface area contributed by atoms with Gasteiger partial charge in [-0.15, -0.1) is 0 Å². The minimum absolute atomic E-state index is 0.125. The normalized spacial score (nSPS) is 10.5. The van der Waals surface area contributed by atoms with Crippen LogP contribution in [0.1, 0.15) is 5.56 Å². The van der Waals surface area contributed by atoms with Crippen LogP contribution in [0.2, 0.25) is 5.02 Å². The van der Waals surface area contributed by atoms with Gasteiger partial charge >= 0.3 is 0 Å². The largest absolute Gasteiger partial charge is 0.383 e. The van der Waals surface area contributed by atoms with E-state index < -0.39 is 0 Å². The maximum absolute atomic E-state index is 12.0. The molecule has 0 fully saturated rings. The predicted molar refractivity (Wildman–Crippen MR) is 76.9 cm³/mol. The molecular weight excluding hydrogens is 280 g/mol. The Kier molecular flexibility index (Phi) is 5.09. The molecule has 0 bridgehead atoms. The minimum atomic E-state index is -0.333. The molecule has 2 rings (SSSR count). The zero-order valence-corrected chi connectivity index (χ0v) is 11.8. The van der Waals surface area contributed by atoms with E-state index in [1.807, 2.05) is 12.1 Å². The summed E-state index contributed by atoms with van der Waals surface area (Å²) in [4.78, 5) is 16.0. The number of rotatable bonds is 6. The lowest BCUT2D eigenvalue weighted by Crippen LogP contribution is -2.26. The van der Waals surface area contributed by atoms with Gasteiger partial charge in [0.25, 0.3) is 5.56 Å². The van der Waals surface area contributed by atoms with Crippen LogP contribution in [0, 0.1) is 0 Å². The number of nitrogens with one attached hydrogen (secondary N) is 1. The predicted octanol–water partition coefficient (Wildman–Crippen LogP) is 1.55. The van der Waals surface area contributed by atoms with Crippen LogP contribution in [0.4, 0.5) is 5.69 Å². The summed E-state index contributed by atoms with van der Waals surface area (Å²) >= 11 is 6.05. The molecule has 0 aliphatic rings. The first kappa shape index (κ1) is 14.5. The zero-order valence-electron chi connectivity index (χ0n) is 11.0. The molecular formula is C13H15ClN4O2. The number of methoxy groups -OCH3 is 1. The van der Waals surface area contributed by atoms with E-state index in [4.69, 9.17) is 16.3 Å². The van der Waals surface area contributed by atoms with E-state index in [-0.39, 0.29) is 10.6 Å². The highest BCUT2D eigenvalue weighted by molar-refractivity contribution is 6.32. The van der Waals surface area contributed by atoms with Crippen molar-refractivity contribution in [3.63, 3.8) is 0 Å². The lowest BCUT2D eigenvalue weighted by molar-refractivity contribution is 0.182. The van der Waals surface area contributed by atoms with E-state index >= 15 is 0 Å². The number of nitrogens with zero attached hydrogens (tertiary/aromatic N) is 3. The van der Waals surface area contributed by atoms with Gasteiger partial charge in [0, 0.05) is 26.0 Å². The van der Waals surface area contributed by atoms with Crippen molar-refractivity contribution in [1.29, 1.82) is 0 Å². The highest BCUT2D eigenvalue weighted by atomic mass is 35.5. The molecule has 0 aliphatic heterocycles. The first-order valence-electron chi connectivity index (χ1n) is 6.09. The van der Waals surface area contributed by atoms with E-state index in [0.29, 0.717) is 25.4 Å².